The Kier molecular flexibility index (Phi) is 10.8. The highest BCUT2D eigenvalue weighted by Gasteiger charge is 2.39. The highest BCUT2D eigenvalue weighted by molar-refractivity contribution is 6.00. The molecule has 8 rings (SSSR count). The van der Waals surface area contributed by atoms with Crippen molar-refractivity contribution < 1.29 is 18.8 Å². The number of hydrogen-bond acceptors (Lipinski definition) is 10. The van der Waals surface area contributed by atoms with Crippen LogP contribution >= 0.6 is 0 Å². The molecule has 300 valence electrons. The topological polar surface area (TPSA) is 191 Å². The number of hydrogen-bond donors (Lipinski definition) is 4. The van der Waals surface area contributed by atoms with Crippen LogP contribution < -0.4 is 32.5 Å². The van der Waals surface area contributed by atoms with E-state index in [2.05, 4.69) is 36.3 Å². The standard InChI is InChI=1S/C41H44FN11O5/c1-50-32-21-25(14-15-30(32)52(41(50)58)31-16-17-36(54)48-38(31)55)11-6-4-2-3-5-8-18-43-29-23-34(46-27-12-10-20-51(40(27)57)35-13-7-9-19-44-35)49-53-33(24-45-37(29)53)39(56)47-28-22-26(28)42/h7,9-10,12-15,19-21,23-24,26,28,31,43H,2-6,8,11,16-18,22H2,1H3,(H,46,49)(H,47,56)(H,48,54,55)/t26-,28+,31?/m0/s1. The molecule has 1 aliphatic carbocycles. The molecule has 2 aliphatic rings. The SMILES string of the molecule is Cn1c(=O)n(C2CCC(=O)NC2=O)c2ccc(CCCCCCCCNc3cc(Nc4cccn(-c5ccccn5)c4=O)nn4c(C(=O)N[C@@H]5C[C@@H]5F)cnc34)cc21. The molecule has 4 N–H and O–H groups in total. The highest BCUT2D eigenvalue weighted by Crippen LogP contribution is 2.27. The van der Waals surface area contributed by atoms with Gasteiger partial charge in [-0.1, -0.05) is 37.8 Å². The van der Waals surface area contributed by atoms with Crippen LogP contribution in [0.2, 0.25) is 0 Å². The van der Waals surface area contributed by atoms with Crippen molar-refractivity contribution in [3.8, 4) is 5.82 Å². The van der Waals surface area contributed by atoms with E-state index in [1.165, 1.54) is 19.8 Å². The van der Waals surface area contributed by atoms with Gasteiger partial charge in [0.1, 0.15) is 23.7 Å². The number of unbranched alkanes of at least 4 members (excludes halogenated alkanes) is 5. The van der Waals surface area contributed by atoms with Gasteiger partial charge in [0.15, 0.2) is 17.2 Å². The number of amides is 3. The van der Waals surface area contributed by atoms with Crippen molar-refractivity contribution in [2.24, 2.45) is 7.05 Å². The van der Waals surface area contributed by atoms with E-state index in [0.717, 1.165) is 56.0 Å². The van der Waals surface area contributed by atoms with E-state index >= 15 is 0 Å². The fourth-order valence-electron chi connectivity index (χ4n) is 7.45. The number of nitrogens with zero attached hydrogens (tertiary/aromatic N) is 7. The molecule has 1 saturated carbocycles. The Hall–Kier alpha value is -6.65. The van der Waals surface area contributed by atoms with Crippen LogP contribution in [0, 0.1) is 0 Å². The summed E-state index contributed by atoms with van der Waals surface area (Å²) in [7, 11) is 1.70. The number of anilines is 3. The summed E-state index contributed by atoms with van der Waals surface area (Å²) >= 11 is 0. The Morgan fingerprint density at radius 3 is 2.52 bits per heavy atom. The molecule has 2 fully saturated rings. The van der Waals surface area contributed by atoms with Gasteiger partial charge >= 0.3 is 5.69 Å². The number of benzene rings is 1. The summed E-state index contributed by atoms with van der Waals surface area (Å²) in [4.78, 5) is 72.5. The second-order valence-electron chi connectivity index (χ2n) is 14.9. The molecule has 58 heavy (non-hydrogen) atoms. The van der Waals surface area contributed by atoms with Gasteiger partial charge in [0.2, 0.25) is 11.8 Å². The fraction of sp³-hybridized carbons (Fsp3) is 0.366. The summed E-state index contributed by atoms with van der Waals surface area (Å²) in [5, 5.41) is 16.2. The summed E-state index contributed by atoms with van der Waals surface area (Å²) in [6.45, 7) is 0.633. The third-order valence-corrected chi connectivity index (χ3v) is 10.7. The molecule has 1 unspecified atom stereocenters. The normalized spacial score (nSPS) is 17.7. The third kappa shape index (κ3) is 7.97. The predicted molar refractivity (Wildman–Crippen MR) is 215 cm³/mol. The number of imidazole rings is 2. The second kappa shape index (κ2) is 16.4. The molecule has 16 nitrogen and oxygen atoms in total. The first-order chi connectivity index (χ1) is 28.2. The number of imide groups is 1. The number of pyridine rings is 2. The van der Waals surface area contributed by atoms with Crippen molar-refractivity contribution in [3.05, 3.63) is 105 Å². The van der Waals surface area contributed by atoms with Gasteiger partial charge in [-0.15, -0.1) is 5.10 Å². The number of piperidine rings is 1. The van der Waals surface area contributed by atoms with Crippen LogP contribution in [0.3, 0.4) is 0 Å². The number of nitrogens with one attached hydrogen (secondary N) is 4. The maximum atomic E-state index is 13.6. The Labute approximate surface area is 331 Å². The van der Waals surface area contributed by atoms with Crippen molar-refractivity contribution in [2.45, 2.75) is 82.5 Å². The Morgan fingerprint density at radius 2 is 1.74 bits per heavy atom. The Bertz CT molecular complexity index is 2630. The lowest BCUT2D eigenvalue weighted by Crippen LogP contribution is -2.44. The monoisotopic (exact) mass is 789 g/mol. The van der Waals surface area contributed by atoms with Crippen molar-refractivity contribution in [2.75, 3.05) is 17.2 Å². The zero-order valence-electron chi connectivity index (χ0n) is 32.0. The zero-order chi connectivity index (χ0) is 40.3. The van der Waals surface area contributed by atoms with Gasteiger partial charge in [-0.25, -0.2) is 23.7 Å². The summed E-state index contributed by atoms with van der Waals surface area (Å²) in [5.41, 5.74) is 3.41. The van der Waals surface area contributed by atoms with Gasteiger partial charge in [0.05, 0.1) is 29.0 Å². The molecule has 1 aliphatic heterocycles. The average molecular weight is 790 g/mol. The zero-order valence-corrected chi connectivity index (χ0v) is 32.0. The van der Waals surface area contributed by atoms with E-state index in [1.807, 2.05) is 18.2 Å². The highest BCUT2D eigenvalue weighted by atomic mass is 19.1. The van der Waals surface area contributed by atoms with Crippen LogP contribution in [-0.2, 0) is 23.1 Å². The maximum Gasteiger partial charge on any atom is 0.329 e. The number of carbonyl (C=O) groups is 3. The summed E-state index contributed by atoms with van der Waals surface area (Å²) in [6, 6.07) is 15.1. The van der Waals surface area contributed by atoms with Crippen molar-refractivity contribution >= 4 is 51.6 Å². The molecule has 0 bridgehead atoms. The van der Waals surface area contributed by atoms with Crippen LogP contribution in [0.25, 0.3) is 22.5 Å². The van der Waals surface area contributed by atoms with E-state index in [0.29, 0.717) is 41.5 Å². The summed E-state index contributed by atoms with van der Waals surface area (Å²) < 4.78 is 19.5. The van der Waals surface area contributed by atoms with E-state index in [1.54, 1.807) is 60.4 Å². The largest absolute Gasteiger partial charge is 0.382 e. The molecule has 3 amide bonds. The minimum atomic E-state index is -1.06. The van der Waals surface area contributed by atoms with Gasteiger partial charge < -0.3 is 16.0 Å². The summed E-state index contributed by atoms with van der Waals surface area (Å²) in [5.74, 6) is -0.470. The lowest BCUT2D eigenvalue weighted by atomic mass is 10.0. The fourth-order valence-corrected chi connectivity index (χ4v) is 7.45. The lowest BCUT2D eigenvalue weighted by Gasteiger charge is -2.21. The van der Waals surface area contributed by atoms with Gasteiger partial charge in [-0.05, 0) is 67.6 Å². The molecule has 3 atom stereocenters. The molecular weight excluding hydrogens is 746 g/mol. The first kappa shape index (κ1) is 38.2. The van der Waals surface area contributed by atoms with Gasteiger partial charge in [0, 0.05) is 44.9 Å². The molecule has 1 saturated heterocycles. The molecule has 6 aromatic rings. The third-order valence-electron chi connectivity index (χ3n) is 10.7. The van der Waals surface area contributed by atoms with Crippen LogP contribution in [0.15, 0.2) is 82.8 Å². The maximum absolute atomic E-state index is 13.6. The van der Waals surface area contributed by atoms with Crippen LogP contribution in [0.1, 0.15) is 79.9 Å². The minimum Gasteiger partial charge on any atom is -0.382 e. The summed E-state index contributed by atoms with van der Waals surface area (Å²) in [6.07, 6.45) is 11.3. The van der Waals surface area contributed by atoms with Crippen molar-refractivity contribution in [1.82, 2.24) is 43.9 Å². The van der Waals surface area contributed by atoms with Gasteiger partial charge in [-0.3, -0.25) is 38.2 Å². The Morgan fingerprint density at radius 1 is 0.931 bits per heavy atom. The number of rotatable bonds is 16. The Balaban J connectivity index is 0.864. The van der Waals surface area contributed by atoms with E-state index in [4.69, 9.17) is 0 Å². The lowest BCUT2D eigenvalue weighted by molar-refractivity contribution is -0.135. The first-order valence-electron chi connectivity index (χ1n) is 19.7. The molecule has 0 radical (unpaired) electrons. The predicted octanol–water partition coefficient (Wildman–Crippen LogP) is 4.49. The van der Waals surface area contributed by atoms with Gasteiger partial charge in [0.25, 0.3) is 11.5 Å². The van der Waals surface area contributed by atoms with Gasteiger partial charge in [-0.2, -0.15) is 0 Å². The number of alkyl halides is 1. The van der Waals surface area contributed by atoms with Crippen LogP contribution in [0.4, 0.5) is 21.6 Å². The molecule has 5 aromatic heterocycles. The number of aromatic nitrogens is 7. The smallest absolute Gasteiger partial charge is 0.329 e. The average Bonchev–Trinajstić information content (AvgIpc) is 3.63. The van der Waals surface area contributed by atoms with Crippen molar-refractivity contribution in [3.63, 3.8) is 0 Å². The molecule has 17 heteroatoms. The van der Waals surface area contributed by atoms with Crippen LogP contribution in [0.5, 0.6) is 0 Å². The molecule has 6 heterocycles. The molecule has 1 aromatic carbocycles. The number of halogens is 1. The quantitative estimate of drug-likeness (QED) is 0.0803. The van der Waals surface area contributed by atoms with Crippen molar-refractivity contribution in [1.29, 1.82) is 0 Å². The molecule has 0 spiro atoms. The minimum absolute atomic E-state index is 0.148. The second-order valence-corrected chi connectivity index (χ2v) is 14.9. The number of fused-ring (bicyclic) bond motifs is 2. The van der Waals surface area contributed by atoms with E-state index < -0.39 is 30.1 Å². The number of aryl methyl sites for hydroxylation is 2. The van der Waals surface area contributed by atoms with E-state index in [-0.39, 0.29) is 41.4 Å². The van der Waals surface area contributed by atoms with Crippen LogP contribution in [-0.4, -0.2) is 69.8 Å². The van der Waals surface area contributed by atoms with E-state index in [9.17, 15) is 28.4 Å². The number of carbonyl (C=O) groups excluding carboxylic acids is 3. The first-order valence-corrected chi connectivity index (χ1v) is 19.7. The molecular formula is C41H44FN11O5.